The van der Waals surface area contributed by atoms with Gasteiger partial charge < -0.3 is 4.74 Å². The molecule has 0 aliphatic heterocycles. The molecule has 11 heteroatoms. The van der Waals surface area contributed by atoms with Gasteiger partial charge in [0.2, 0.25) is 5.75 Å². The van der Waals surface area contributed by atoms with Crippen molar-refractivity contribution in [1.82, 2.24) is 9.66 Å². The molecule has 0 atom stereocenters. The molecule has 3 aromatic rings. The van der Waals surface area contributed by atoms with Gasteiger partial charge in [-0.25, -0.2) is 4.98 Å². The van der Waals surface area contributed by atoms with Gasteiger partial charge in [-0.2, -0.15) is 15.0 Å². The summed E-state index contributed by atoms with van der Waals surface area (Å²) in [5.74, 6) is 0.294. The van der Waals surface area contributed by atoms with Crippen molar-refractivity contribution in [2.75, 3.05) is 6.61 Å². The van der Waals surface area contributed by atoms with Gasteiger partial charge in [0.25, 0.3) is 5.56 Å². The van der Waals surface area contributed by atoms with Crippen molar-refractivity contribution >= 4 is 54.7 Å². The molecular formula is C21H17Br2N5O4. The first kappa shape index (κ1) is 23.6. The van der Waals surface area contributed by atoms with Gasteiger partial charge in [0.05, 0.1) is 22.0 Å². The predicted octanol–water partition coefficient (Wildman–Crippen LogP) is 4.91. The number of rotatable bonds is 5. The van der Waals surface area contributed by atoms with Gasteiger partial charge in [-0.3, -0.25) is 14.9 Å². The van der Waals surface area contributed by atoms with E-state index in [4.69, 9.17) is 10.00 Å². The number of nitrogens with zero attached hydrogens (tertiary/aromatic N) is 5. The zero-order valence-electron chi connectivity index (χ0n) is 17.3. The van der Waals surface area contributed by atoms with E-state index in [1.165, 1.54) is 17.0 Å². The second kappa shape index (κ2) is 9.18. The van der Waals surface area contributed by atoms with E-state index in [0.717, 1.165) is 4.47 Å². The minimum atomic E-state index is -0.614. The highest BCUT2D eigenvalue weighted by molar-refractivity contribution is 9.10. The Labute approximate surface area is 199 Å². The lowest BCUT2D eigenvalue weighted by Gasteiger charge is -2.21. The summed E-state index contributed by atoms with van der Waals surface area (Å²) in [6, 6.07) is 9.82. The predicted molar refractivity (Wildman–Crippen MR) is 127 cm³/mol. The lowest BCUT2D eigenvalue weighted by molar-refractivity contribution is -0.385. The Morgan fingerprint density at radius 1 is 1.28 bits per heavy atom. The second-order valence-corrected chi connectivity index (χ2v) is 9.59. The third-order valence-corrected chi connectivity index (χ3v) is 5.28. The molecule has 0 fully saturated rings. The van der Waals surface area contributed by atoms with Crippen LogP contribution >= 0.6 is 31.9 Å². The summed E-state index contributed by atoms with van der Waals surface area (Å²) >= 11 is 6.60. The van der Waals surface area contributed by atoms with E-state index in [0.29, 0.717) is 21.2 Å². The zero-order chi connectivity index (χ0) is 23.6. The minimum Gasteiger partial charge on any atom is -0.471 e. The summed E-state index contributed by atoms with van der Waals surface area (Å²) in [4.78, 5) is 28.8. The fourth-order valence-corrected chi connectivity index (χ4v) is 3.78. The van der Waals surface area contributed by atoms with Crippen molar-refractivity contribution in [3.05, 3.63) is 71.1 Å². The summed E-state index contributed by atoms with van der Waals surface area (Å²) < 4.78 is 7.62. The number of hydrogen-bond acceptors (Lipinski definition) is 7. The minimum absolute atomic E-state index is 0.120. The van der Waals surface area contributed by atoms with Gasteiger partial charge in [-0.05, 0) is 24.3 Å². The van der Waals surface area contributed by atoms with Gasteiger partial charge >= 0.3 is 5.69 Å². The SMILES string of the molecule is CC(C)(C)c1nc2ccc(Br)cc2c(=O)n1N=Cc1cc(Br)cc([N+](=O)[O-])c1OCC#N. The lowest BCUT2D eigenvalue weighted by Crippen LogP contribution is -2.29. The first-order valence-electron chi connectivity index (χ1n) is 9.27. The normalized spacial score (nSPS) is 11.6. The topological polar surface area (TPSA) is 123 Å². The van der Waals surface area contributed by atoms with E-state index in [1.807, 2.05) is 20.8 Å². The number of fused-ring (bicyclic) bond motifs is 1. The molecule has 3 rings (SSSR count). The molecule has 0 unspecified atom stereocenters. The van der Waals surface area contributed by atoms with E-state index < -0.39 is 10.3 Å². The molecular weight excluding hydrogens is 546 g/mol. The van der Waals surface area contributed by atoms with Gasteiger partial charge in [0, 0.05) is 26.0 Å². The molecule has 0 N–H and O–H groups in total. The van der Waals surface area contributed by atoms with Crippen LogP contribution in [0.15, 0.2) is 49.2 Å². The Bertz CT molecular complexity index is 1350. The van der Waals surface area contributed by atoms with Crippen LogP contribution in [-0.4, -0.2) is 27.4 Å². The van der Waals surface area contributed by atoms with E-state index in [-0.39, 0.29) is 29.2 Å². The first-order chi connectivity index (χ1) is 15.0. The molecule has 0 amide bonds. The molecule has 0 bridgehead atoms. The van der Waals surface area contributed by atoms with E-state index in [9.17, 15) is 14.9 Å². The number of ether oxygens (including phenoxy) is 1. The number of aromatic nitrogens is 2. The fourth-order valence-electron chi connectivity index (χ4n) is 2.95. The van der Waals surface area contributed by atoms with E-state index in [2.05, 4.69) is 41.9 Å². The molecule has 9 nitrogen and oxygen atoms in total. The molecule has 1 heterocycles. The van der Waals surface area contributed by atoms with Crippen LogP contribution in [0.4, 0.5) is 5.69 Å². The monoisotopic (exact) mass is 561 g/mol. The quantitative estimate of drug-likeness (QED) is 0.247. The summed E-state index contributed by atoms with van der Waals surface area (Å²) in [6.07, 6.45) is 1.28. The number of halogens is 2. The van der Waals surface area contributed by atoms with Gasteiger partial charge in [-0.1, -0.05) is 52.6 Å². The van der Waals surface area contributed by atoms with Crippen molar-refractivity contribution in [3.8, 4) is 11.8 Å². The molecule has 32 heavy (non-hydrogen) atoms. The Hall–Kier alpha value is -3.10. The van der Waals surface area contributed by atoms with Crippen LogP contribution in [0, 0.1) is 21.4 Å². The smallest absolute Gasteiger partial charge is 0.312 e. The summed E-state index contributed by atoms with van der Waals surface area (Å²) in [5.41, 5.74) is -0.490. The Kier molecular flexibility index (Phi) is 6.76. The molecule has 0 radical (unpaired) electrons. The highest BCUT2D eigenvalue weighted by Crippen LogP contribution is 2.34. The number of nitro groups is 1. The fraction of sp³-hybridized carbons (Fsp3) is 0.238. The maximum absolute atomic E-state index is 13.3. The standard InChI is InChI=1S/C21H17Br2N5O4/c1-21(2,3)20-26-16-5-4-13(22)9-15(16)19(29)27(20)25-11-12-8-14(23)10-17(28(30)31)18(12)32-7-6-24/h4-5,8-11H,7H2,1-3H3. The molecule has 1 aromatic heterocycles. The Morgan fingerprint density at radius 3 is 2.62 bits per heavy atom. The lowest BCUT2D eigenvalue weighted by atomic mass is 9.95. The maximum Gasteiger partial charge on any atom is 0.312 e. The van der Waals surface area contributed by atoms with E-state index >= 15 is 0 Å². The van der Waals surface area contributed by atoms with Crippen LogP contribution in [0.5, 0.6) is 5.75 Å². The summed E-state index contributed by atoms with van der Waals surface area (Å²) in [7, 11) is 0. The third-order valence-electron chi connectivity index (χ3n) is 4.33. The molecule has 164 valence electrons. The number of nitriles is 1. The highest BCUT2D eigenvalue weighted by atomic mass is 79.9. The summed E-state index contributed by atoms with van der Waals surface area (Å²) in [6.45, 7) is 5.31. The molecule has 0 aliphatic carbocycles. The van der Waals surface area contributed by atoms with Crippen molar-refractivity contribution in [2.24, 2.45) is 5.10 Å². The van der Waals surface area contributed by atoms with Crippen molar-refractivity contribution in [3.63, 3.8) is 0 Å². The van der Waals surface area contributed by atoms with Crippen LogP contribution in [0.1, 0.15) is 32.2 Å². The Morgan fingerprint density at radius 2 is 2.00 bits per heavy atom. The second-order valence-electron chi connectivity index (χ2n) is 7.76. The number of nitro benzene ring substituents is 1. The van der Waals surface area contributed by atoms with Gasteiger partial charge in [0.1, 0.15) is 11.9 Å². The average Bonchev–Trinajstić information content (AvgIpc) is 2.71. The Balaban J connectivity index is 2.27. The van der Waals surface area contributed by atoms with Gasteiger partial charge in [-0.15, -0.1) is 0 Å². The molecule has 0 aliphatic rings. The highest BCUT2D eigenvalue weighted by Gasteiger charge is 2.24. The van der Waals surface area contributed by atoms with Crippen LogP contribution < -0.4 is 10.3 Å². The zero-order valence-corrected chi connectivity index (χ0v) is 20.5. The van der Waals surface area contributed by atoms with Crippen molar-refractivity contribution in [1.29, 1.82) is 5.26 Å². The van der Waals surface area contributed by atoms with Crippen LogP contribution in [-0.2, 0) is 5.41 Å². The number of hydrogen-bond donors (Lipinski definition) is 0. The maximum atomic E-state index is 13.3. The number of benzene rings is 2. The molecule has 0 saturated carbocycles. The summed E-state index contributed by atoms with van der Waals surface area (Å²) in [5, 5.41) is 25.0. The van der Waals surface area contributed by atoms with Crippen LogP contribution in [0.25, 0.3) is 10.9 Å². The van der Waals surface area contributed by atoms with Crippen molar-refractivity contribution < 1.29 is 9.66 Å². The van der Waals surface area contributed by atoms with Gasteiger partial charge in [0.15, 0.2) is 6.61 Å². The molecule has 2 aromatic carbocycles. The van der Waals surface area contributed by atoms with Crippen LogP contribution in [0.3, 0.4) is 0 Å². The first-order valence-corrected chi connectivity index (χ1v) is 10.9. The van der Waals surface area contributed by atoms with Crippen molar-refractivity contribution in [2.45, 2.75) is 26.2 Å². The largest absolute Gasteiger partial charge is 0.471 e. The van der Waals surface area contributed by atoms with Crippen LogP contribution in [0.2, 0.25) is 0 Å². The average molecular weight is 563 g/mol. The third kappa shape index (κ3) is 4.87. The molecule has 0 saturated heterocycles. The molecule has 0 spiro atoms. The van der Waals surface area contributed by atoms with E-state index in [1.54, 1.807) is 30.3 Å².